The highest BCUT2D eigenvalue weighted by molar-refractivity contribution is 5.71. The molecule has 2 atom stereocenters. The van der Waals surface area contributed by atoms with Crippen molar-refractivity contribution in [3.8, 4) is 0 Å². The minimum atomic E-state index is -0.589. The van der Waals surface area contributed by atoms with Crippen molar-refractivity contribution in [3.63, 3.8) is 0 Å². The van der Waals surface area contributed by atoms with Crippen molar-refractivity contribution in [2.45, 2.75) is 52.0 Å². The second-order valence-electron chi connectivity index (χ2n) is 6.18. The number of carboxylic acid groups (broad SMARTS) is 1. The molecule has 0 bridgehead atoms. The summed E-state index contributed by atoms with van der Waals surface area (Å²) in [5.41, 5.74) is 0.375. The third-order valence-electron chi connectivity index (χ3n) is 4.22. The van der Waals surface area contributed by atoms with E-state index in [1.807, 2.05) is 0 Å². The SMILES string of the molecule is CC1(C)CCN(C2CCCCC2C(=O)O)C1. The second-order valence-corrected chi connectivity index (χ2v) is 6.18. The Balaban J connectivity index is 2.04. The van der Waals surface area contributed by atoms with Crippen LogP contribution in [0.1, 0.15) is 46.0 Å². The molecular formula is C13H23NO2. The van der Waals surface area contributed by atoms with Crippen molar-refractivity contribution in [2.75, 3.05) is 13.1 Å². The Morgan fingerprint density at radius 3 is 2.56 bits per heavy atom. The van der Waals surface area contributed by atoms with Gasteiger partial charge in [-0.15, -0.1) is 0 Å². The molecule has 0 radical (unpaired) electrons. The van der Waals surface area contributed by atoms with Crippen molar-refractivity contribution in [3.05, 3.63) is 0 Å². The van der Waals surface area contributed by atoms with Gasteiger partial charge in [0, 0.05) is 12.6 Å². The Hall–Kier alpha value is -0.570. The molecule has 0 amide bonds. The average Bonchev–Trinajstić information content (AvgIpc) is 2.59. The fraction of sp³-hybridized carbons (Fsp3) is 0.923. The van der Waals surface area contributed by atoms with Gasteiger partial charge in [0.25, 0.3) is 0 Å². The van der Waals surface area contributed by atoms with Crippen molar-refractivity contribution >= 4 is 5.97 Å². The number of rotatable bonds is 2. The maximum Gasteiger partial charge on any atom is 0.308 e. The molecule has 1 heterocycles. The predicted octanol–water partition coefficient (Wildman–Crippen LogP) is 2.36. The molecule has 0 aromatic heterocycles. The van der Waals surface area contributed by atoms with Crippen LogP contribution in [0.5, 0.6) is 0 Å². The molecule has 3 nitrogen and oxygen atoms in total. The molecule has 2 aliphatic rings. The zero-order valence-electron chi connectivity index (χ0n) is 10.4. The van der Waals surface area contributed by atoms with Crippen LogP contribution in [0.4, 0.5) is 0 Å². The number of hydrogen-bond acceptors (Lipinski definition) is 2. The van der Waals surface area contributed by atoms with Crippen LogP contribution in [0.15, 0.2) is 0 Å². The highest BCUT2D eigenvalue weighted by Gasteiger charge is 2.39. The molecule has 1 saturated heterocycles. The van der Waals surface area contributed by atoms with E-state index < -0.39 is 5.97 Å². The number of nitrogens with zero attached hydrogens (tertiary/aromatic N) is 1. The first-order chi connectivity index (χ1) is 7.49. The van der Waals surface area contributed by atoms with Crippen molar-refractivity contribution in [1.82, 2.24) is 4.90 Å². The first-order valence-corrected chi connectivity index (χ1v) is 6.46. The Labute approximate surface area is 97.8 Å². The third kappa shape index (κ3) is 2.40. The van der Waals surface area contributed by atoms with E-state index in [9.17, 15) is 9.90 Å². The minimum Gasteiger partial charge on any atom is -0.481 e. The highest BCUT2D eigenvalue weighted by Crippen LogP contribution is 2.36. The normalized spacial score (nSPS) is 35.1. The highest BCUT2D eigenvalue weighted by atomic mass is 16.4. The fourth-order valence-electron chi connectivity index (χ4n) is 3.27. The van der Waals surface area contributed by atoms with Crippen LogP contribution in [-0.2, 0) is 4.79 Å². The van der Waals surface area contributed by atoms with Gasteiger partial charge in [-0.05, 0) is 31.2 Å². The van der Waals surface area contributed by atoms with Crippen molar-refractivity contribution in [1.29, 1.82) is 0 Å². The molecule has 0 spiro atoms. The van der Waals surface area contributed by atoms with E-state index in [-0.39, 0.29) is 5.92 Å². The summed E-state index contributed by atoms with van der Waals surface area (Å²) in [6, 6.07) is 0.299. The first kappa shape index (κ1) is 11.9. The van der Waals surface area contributed by atoms with E-state index in [1.165, 1.54) is 12.8 Å². The quantitative estimate of drug-likeness (QED) is 0.784. The van der Waals surface area contributed by atoms with Gasteiger partial charge < -0.3 is 5.11 Å². The number of hydrogen-bond donors (Lipinski definition) is 1. The zero-order valence-corrected chi connectivity index (χ0v) is 10.4. The standard InChI is InChI=1S/C13H23NO2/c1-13(2)7-8-14(9-13)11-6-4-3-5-10(11)12(15)16/h10-11H,3-9H2,1-2H3,(H,15,16). The molecule has 0 aromatic carbocycles. The summed E-state index contributed by atoms with van der Waals surface area (Å²) < 4.78 is 0. The molecule has 2 fully saturated rings. The van der Waals surface area contributed by atoms with Crippen LogP contribution in [0.3, 0.4) is 0 Å². The molecule has 2 unspecified atom stereocenters. The van der Waals surface area contributed by atoms with Crippen LogP contribution in [-0.4, -0.2) is 35.1 Å². The Morgan fingerprint density at radius 1 is 1.31 bits per heavy atom. The fourth-order valence-corrected chi connectivity index (χ4v) is 3.27. The molecule has 92 valence electrons. The number of aliphatic carboxylic acids is 1. The largest absolute Gasteiger partial charge is 0.481 e. The first-order valence-electron chi connectivity index (χ1n) is 6.46. The average molecular weight is 225 g/mol. The Kier molecular flexibility index (Phi) is 3.24. The zero-order chi connectivity index (χ0) is 11.8. The van der Waals surface area contributed by atoms with Gasteiger partial charge in [0.05, 0.1) is 5.92 Å². The molecule has 1 aliphatic heterocycles. The summed E-state index contributed by atoms with van der Waals surface area (Å²) in [5.74, 6) is -0.711. The smallest absolute Gasteiger partial charge is 0.308 e. The Morgan fingerprint density at radius 2 is 2.00 bits per heavy atom. The van der Waals surface area contributed by atoms with Gasteiger partial charge in [0.2, 0.25) is 0 Å². The number of carboxylic acids is 1. The summed E-state index contributed by atoms with van der Waals surface area (Å²) in [6.07, 6.45) is 5.44. The molecule has 16 heavy (non-hydrogen) atoms. The lowest BCUT2D eigenvalue weighted by molar-refractivity contribution is -0.145. The summed E-state index contributed by atoms with van der Waals surface area (Å²) in [6.45, 7) is 6.72. The third-order valence-corrected chi connectivity index (χ3v) is 4.22. The monoisotopic (exact) mass is 225 g/mol. The predicted molar refractivity (Wildman–Crippen MR) is 63.4 cm³/mol. The van der Waals surface area contributed by atoms with E-state index >= 15 is 0 Å². The number of likely N-dealkylation sites (tertiary alicyclic amines) is 1. The molecular weight excluding hydrogens is 202 g/mol. The van der Waals surface area contributed by atoms with Crippen molar-refractivity contribution < 1.29 is 9.90 Å². The van der Waals surface area contributed by atoms with E-state index in [0.29, 0.717) is 11.5 Å². The lowest BCUT2D eigenvalue weighted by Gasteiger charge is -2.36. The van der Waals surface area contributed by atoms with Crippen LogP contribution in [0.2, 0.25) is 0 Å². The van der Waals surface area contributed by atoms with Crippen LogP contribution in [0, 0.1) is 11.3 Å². The maximum atomic E-state index is 11.3. The van der Waals surface area contributed by atoms with Gasteiger partial charge in [-0.3, -0.25) is 9.69 Å². The van der Waals surface area contributed by atoms with Gasteiger partial charge >= 0.3 is 5.97 Å². The topological polar surface area (TPSA) is 40.5 Å². The van der Waals surface area contributed by atoms with Gasteiger partial charge in [-0.1, -0.05) is 26.7 Å². The van der Waals surface area contributed by atoms with Gasteiger partial charge in [0.15, 0.2) is 0 Å². The summed E-state index contributed by atoms with van der Waals surface area (Å²) in [7, 11) is 0. The molecule has 2 rings (SSSR count). The summed E-state index contributed by atoms with van der Waals surface area (Å²) in [5, 5.41) is 9.27. The summed E-state index contributed by atoms with van der Waals surface area (Å²) in [4.78, 5) is 13.7. The van der Waals surface area contributed by atoms with E-state index in [1.54, 1.807) is 0 Å². The van der Waals surface area contributed by atoms with Gasteiger partial charge in [-0.25, -0.2) is 0 Å². The Bertz CT molecular complexity index is 275. The van der Waals surface area contributed by atoms with E-state index in [4.69, 9.17) is 0 Å². The van der Waals surface area contributed by atoms with Crippen molar-refractivity contribution in [2.24, 2.45) is 11.3 Å². The van der Waals surface area contributed by atoms with Crippen LogP contribution >= 0.6 is 0 Å². The molecule has 3 heteroatoms. The minimum absolute atomic E-state index is 0.123. The lowest BCUT2D eigenvalue weighted by atomic mass is 9.83. The van der Waals surface area contributed by atoms with Gasteiger partial charge in [-0.2, -0.15) is 0 Å². The lowest BCUT2D eigenvalue weighted by Crippen LogP contribution is -2.44. The van der Waals surface area contributed by atoms with Crippen LogP contribution < -0.4 is 0 Å². The maximum absolute atomic E-state index is 11.3. The van der Waals surface area contributed by atoms with Crippen LogP contribution in [0.25, 0.3) is 0 Å². The molecule has 1 aliphatic carbocycles. The second kappa shape index (κ2) is 4.36. The van der Waals surface area contributed by atoms with E-state index in [2.05, 4.69) is 18.7 Å². The molecule has 1 saturated carbocycles. The molecule has 0 aromatic rings. The summed E-state index contributed by atoms with van der Waals surface area (Å²) >= 11 is 0. The molecule has 1 N–H and O–H groups in total. The van der Waals surface area contributed by atoms with E-state index in [0.717, 1.165) is 32.4 Å². The number of carbonyl (C=O) groups is 1. The van der Waals surface area contributed by atoms with Gasteiger partial charge in [0.1, 0.15) is 0 Å².